The van der Waals surface area contributed by atoms with Crippen molar-refractivity contribution in [2.24, 2.45) is 0 Å². The molecule has 1 aliphatic rings. The highest BCUT2D eigenvalue weighted by atomic mass is 16.3. The second kappa shape index (κ2) is 8.71. The van der Waals surface area contributed by atoms with E-state index < -0.39 is 12.2 Å². The quantitative estimate of drug-likeness (QED) is 0.474. The van der Waals surface area contributed by atoms with Crippen molar-refractivity contribution in [1.82, 2.24) is 9.80 Å². The van der Waals surface area contributed by atoms with Crippen LogP contribution in [0.2, 0.25) is 0 Å². The van der Waals surface area contributed by atoms with Crippen molar-refractivity contribution in [1.29, 1.82) is 0 Å². The summed E-state index contributed by atoms with van der Waals surface area (Å²) >= 11 is 0. The third-order valence-electron chi connectivity index (χ3n) is 6.99. The molecule has 4 aromatic rings. The van der Waals surface area contributed by atoms with Crippen molar-refractivity contribution in [3.8, 4) is 0 Å². The molecule has 5 rings (SSSR count). The standard InChI is InChI=1S/C26H30N2O4/c1-17-21(5-3-19-13-31-15-23(17)19)25(29)11-27-7-9-28(10-8-27)12-26(30)22-6-4-20-14-32-16-24(20)18(22)2/h3-6,13-16,25-26,29-30H,7-12H2,1-2H3/t25-,26-/m0/s1. The van der Waals surface area contributed by atoms with Gasteiger partial charge in [-0.2, -0.15) is 0 Å². The molecule has 2 aromatic carbocycles. The first kappa shape index (κ1) is 21.2. The minimum atomic E-state index is -0.532. The van der Waals surface area contributed by atoms with Crippen molar-refractivity contribution >= 4 is 21.5 Å². The zero-order valence-corrected chi connectivity index (χ0v) is 18.6. The zero-order chi connectivity index (χ0) is 22.2. The number of piperazine rings is 1. The molecule has 168 valence electrons. The van der Waals surface area contributed by atoms with Gasteiger partial charge in [-0.3, -0.25) is 9.80 Å². The number of hydrogen-bond acceptors (Lipinski definition) is 6. The van der Waals surface area contributed by atoms with Crippen molar-refractivity contribution in [3.63, 3.8) is 0 Å². The summed E-state index contributed by atoms with van der Waals surface area (Å²) in [5, 5.41) is 26.0. The van der Waals surface area contributed by atoms with Crippen LogP contribution in [-0.2, 0) is 0 Å². The van der Waals surface area contributed by atoms with Gasteiger partial charge in [-0.15, -0.1) is 0 Å². The number of rotatable bonds is 6. The Hall–Kier alpha value is -2.64. The molecule has 0 saturated carbocycles. The molecule has 1 aliphatic heterocycles. The molecule has 0 amide bonds. The number of furan rings is 2. The molecule has 3 heterocycles. The van der Waals surface area contributed by atoms with Gasteiger partial charge in [0.1, 0.15) is 0 Å². The van der Waals surface area contributed by atoms with Crippen LogP contribution in [0.1, 0.15) is 34.5 Å². The highest BCUT2D eigenvalue weighted by Gasteiger charge is 2.24. The van der Waals surface area contributed by atoms with E-state index in [-0.39, 0.29) is 0 Å². The van der Waals surface area contributed by atoms with E-state index in [1.165, 1.54) is 0 Å². The van der Waals surface area contributed by atoms with Gasteiger partial charge >= 0.3 is 0 Å². The Labute approximate surface area is 187 Å². The summed E-state index contributed by atoms with van der Waals surface area (Å²) in [5.74, 6) is 0. The fraction of sp³-hybridized carbons (Fsp3) is 0.385. The highest BCUT2D eigenvalue weighted by molar-refractivity contribution is 5.86. The van der Waals surface area contributed by atoms with E-state index in [2.05, 4.69) is 9.80 Å². The molecule has 1 saturated heterocycles. The fourth-order valence-electron chi connectivity index (χ4n) is 4.96. The van der Waals surface area contributed by atoms with Crippen LogP contribution in [0, 0.1) is 13.8 Å². The van der Waals surface area contributed by atoms with Gasteiger partial charge < -0.3 is 19.0 Å². The summed E-state index contributed by atoms with van der Waals surface area (Å²) in [5.41, 5.74) is 4.08. The molecule has 0 radical (unpaired) electrons. The number of nitrogens with zero attached hydrogens (tertiary/aromatic N) is 2. The SMILES string of the molecule is Cc1c([C@@H](O)CN2CCN(C[C@H](O)c3ccc4cocc4c3C)CC2)ccc2cocc12. The van der Waals surface area contributed by atoms with Crippen molar-refractivity contribution < 1.29 is 19.0 Å². The van der Waals surface area contributed by atoms with Gasteiger partial charge in [0.25, 0.3) is 0 Å². The van der Waals surface area contributed by atoms with Gasteiger partial charge in [-0.05, 0) is 36.1 Å². The molecule has 2 N–H and O–H groups in total. The molecular weight excluding hydrogens is 404 g/mol. The van der Waals surface area contributed by atoms with Crippen LogP contribution >= 0.6 is 0 Å². The Kier molecular flexibility index (Phi) is 5.78. The predicted molar refractivity (Wildman–Crippen MR) is 125 cm³/mol. The lowest BCUT2D eigenvalue weighted by molar-refractivity contribution is 0.0480. The molecule has 0 aliphatic carbocycles. The van der Waals surface area contributed by atoms with Gasteiger partial charge in [0.15, 0.2) is 0 Å². The molecular formula is C26H30N2O4. The number of hydrogen-bond donors (Lipinski definition) is 2. The maximum atomic E-state index is 10.9. The molecule has 2 atom stereocenters. The lowest BCUT2D eigenvalue weighted by Gasteiger charge is -2.36. The zero-order valence-electron chi connectivity index (χ0n) is 18.6. The van der Waals surface area contributed by atoms with E-state index in [9.17, 15) is 10.2 Å². The van der Waals surface area contributed by atoms with Gasteiger partial charge in [0, 0.05) is 60.8 Å². The van der Waals surface area contributed by atoms with E-state index in [4.69, 9.17) is 8.83 Å². The van der Waals surface area contributed by atoms with E-state index in [1.54, 1.807) is 25.1 Å². The van der Waals surface area contributed by atoms with Gasteiger partial charge in [-0.1, -0.05) is 24.3 Å². The van der Waals surface area contributed by atoms with Crippen LogP contribution in [0.5, 0.6) is 0 Å². The summed E-state index contributed by atoms with van der Waals surface area (Å²) in [6.07, 6.45) is 5.90. The minimum absolute atomic E-state index is 0.532. The van der Waals surface area contributed by atoms with Gasteiger partial charge in [0.05, 0.1) is 37.3 Å². The summed E-state index contributed by atoms with van der Waals surface area (Å²) < 4.78 is 10.6. The third kappa shape index (κ3) is 3.95. The van der Waals surface area contributed by atoms with Crippen molar-refractivity contribution in [2.75, 3.05) is 39.3 Å². The van der Waals surface area contributed by atoms with Gasteiger partial charge in [-0.25, -0.2) is 0 Å². The second-order valence-electron chi connectivity index (χ2n) is 8.94. The lowest BCUT2D eigenvalue weighted by atomic mass is 9.98. The number of aryl methyl sites for hydroxylation is 2. The number of benzene rings is 2. The smallest absolute Gasteiger partial charge is 0.0984 e. The van der Waals surface area contributed by atoms with Crippen LogP contribution < -0.4 is 0 Å². The van der Waals surface area contributed by atoms with Crippen LogP contribution in [0.3, 0.4) is 0 Å². The first-order valence-corrected chi connectivity index (χ1v) is 11.2. The van der Waals surface area contributed by atoms with Crippen LogP contribution in [-0.4, -0.2) is 59.3 Å². The minimum Gasteiger partial charge on any atom is -0.471 e. The third-order valence-corrected chi connectivity index (χ3v) is 6.99. The Morgan fingerprint density at radius 1 is 0.688 bits per heavy atom. The topological polar surface area (TPSA) is 73.2 Å². The molecule has 2 aromatic heterocycles. The Bertz CT molecular complexity index is 1120. The molecule has 0 spiro atoms. The normalized spacial score (nSPS) is 17.9. The number of aliphatic hydroxyl groups excluding tert-OH is 2. The van der Waals surface area contributed by atoms with E-state index in [0.717, 1.165) is 70.0 Å². The first-order valence-electron chi connectivity index (χ1n) is 11.2. The largest absolute Gasteiger partial charge is 0.471 e. The van der Waals surface area contributed by atoms with Crippen LogP contribution in [0.25, 0.3) is 21.5 Å². The van der Waals surface area contributed by atoms with E-state index in [1.807, 2.05) is 38.1 Å². The molecule has 32 heavy (non-hydrogen) atoms. The fourth-order valence-corrected chi connectivity index (χ4v) is 4.96. The number of aliphatic hydroxyl groups is 2. The average molecular weight is 435 g/mol. The summed E-state index contributed by atoms with van der Waals surface area (Å²) in [7, 11) is 0. The van der Waals surface area contributed by atoms with Crippen LogP contribution in [0.15, 0.2) is 58.2 Å². The van der Waals surface area contributed by atoms with Gasteiger partial charge in [0.2, 0.25) is 0 Å². The highest BCUT2D eigenvalue weighted by Crippen LogP contribution is 2.29. The van der Waals surface area contributed by atoms with Crippen LogP contribution in [0.4, 0.5) is 0 Å². The summed E-state index contributed by atoms with van der Waals surface area (Å²) in [6, 6.07) is 8.02. The Morgan fingerprint density at radius 2 is 1.09 bits per heavy atom. The maximum absolute atomic E-state index is 10.9. The molecule has 6 heteroatoms. The molecule has 0 bridgehead atoms. The average Bonchev–Trinajstić information content (AvgIpc) is 3.45. The molecule has 0 unspecified atom stereocenters. The van der Waals surface area contributed by atoms with Crippen molar-refractivity contribution in [2.45, 2.75) is 26.1 Å². The number of β-amino-alcohol motifs (C(OH)–C–C–N with tert-alkyl or cyclic N) is 2. The van der Waals surface area contributed by atoms with E-state index >= 15 is 0 Å². The maximum Gasteiger partial charge on any atom is 0.0984 e. The summed E-state index contributed by atoms with van der Waals surface area (Å²) in [6.45, 7) is 8.78. The predicted octanol–water partition coefficient (Wildman–Crippen LogP) is 4.18. The summed E-state index contributed by atoms with van der Waals surface area (Å²) in [4.78, 5) is 4.60. The Morgan fingerprint density at radius 3 is 1.50 bits per heavy atom. The molecule has 1 fully saturated rings. The first-order chi connectivity index (χ1) is 15.5. The number of fused-ring (bicyclic) bond motifs is 2. The van der Waals surface area contributed by atoms with Crippen molar-refractivity contribution in [3.05, 3.63) is 71.6 Å². The molecule has 6 nitrogen and oxygen atoms in total. The monoisotopic (exact) mass is 434 g/mol. The van der Waals surface area contributed by atoms with E-state index in [0.29, 0.717) is 13.1 Å². The Balaban J connectivity index is 1.17. The lowest BCUT2D eigenvalue weighted by Crippen LogP contribution is -2.48. The second-order valence-corrected chi connectivity index (χ2v) is 8.94.